The summed E-state index contributed by atoms with van der Waals surface area (Å²) in [6.07, 6.45) is 5.23. The average molecular weight is 428 g/mol. The number of aliphatic carboxylic acids is 1. The fourth-order valence-corrected chi connectivity index (χ4v) is 4.35. The van der Waals surface area contributed by atoms with Crippen LogP contribution in [0.2, 0.25) is 5.02 Å². The van der Waals surface area contributed by atoms with E-state index >= 15 is 0 Å². The van der Waals surface area contributed by atoms with Crippen molar-refractivity contribution in [2.45, 2.75) is 24.8 Å². The fourth-order valence-electron chi connectivity index (χ4n) is 4.07. The number of benzene rings is 2. The summed E-state index contributed by atoms with van der Waals surface area (Å²) in [5.74, 6) is -2.00. The predicted octanol–water partition coefficient (Wildman–Crippen LogP) is 5.55. The van der Waals surface area contributed by atoms with Crippen LogP contribution >= 0.6 is 23.2 Å². The number of halogens is 2. The Kier molecular flexibility index (Phi) is 5.48. The van der Waals surface area contributed by atoms with E-state index in [2.05, 4.69) is 0 Å². The van der Waals surface area contributed by atoms with Gasteiger partial charge in [-0.1, -0.05) is 65.2 Å². The molecule has 6 heteroatoms. The standard InChI is InChI=1S/C23H19Cl2NO3/c24-16-9-5-14(6-10-16)13-26-21(15-7-11-17(25)12-8-15)20(23(28)29)18-3-1-2-4-19(18)22(26)27/h1-5,7-9,11-12,20-21H,6,10,13H2,(H,28,29)/t20-,21+/m0/s1. The first-order valence-electron chi connectivity index (χ1n) is 9.38. The van der Waals surface area contributed by atoms with Crippen LogP contribution in [-0.4, -0.2) is 28.4 Å². The van der Waals surface area contributed by atoms with E-state index in [-0.39, 0.29) is 5.91 Å². The Balaban J connectivity index is 1.84. The molecule has 2 atom stereocenters. The molecule has 0 bridgehead atoms. The van der Waals surface area contributed by atoms with Crippen molar-refractivity contribution in [3.05, 3.63) is 93.0 Å². The molecule has 1 heterocycles. The molecular weight excluding hydrogens is 409 g/mol. The van der Waals surface area contributed by atoms with Gasteiger partial charge in [0, 0.05) is 22.2 Å². The summed E-state index contributed by atoms with van der Waals surface area (Å²) in [5.41, 5.74) is 2.77. The van der Waals surface area contributed by atoms with E-state index in [0.717, 1.165) is 29.0 Å². The number of carboxylic acid groups (broad SMARTS) is 1. The number of carbonyl (C=O) groups is 2. The fraction of sp³-hybridized carbons (Fsp3) is 0.217. The van der Waals surface area contributed by atoms with Crippen molar-refractivity contribution < 1.29 is 14.7 Å². The highest BCUT2D eigenvalue weighted by Crippen LogP contribution is 2.43. The summed E-state index contributed by atoms with van der Waals surface area (Å²) >= 11 is 12.1. The van der Waals surface area contributed by atoms with E-state index in [1.165, 1.54) is 0 Å². The molecule has 2 aromatic carbocycles. The molecule has 1 aliphatic carbocycles. The van der Waals surface area contributed by atoms with Crippen molar-refractivity contribution in [1.82, 2.24) is 4.90 Å². The molecule has 1 N–H and O–H groups in total. The molecule has 29 heavy (non-hydrogen) atoms. The van der Waals surface area contributed by atoms with Gasteiger partial charge in [-0.05, 0) is 48.2 Å². The molecule has 2 aliphatic rings. The number of rotatable bonds is 4. The van der Waals surface area contributed by atoms with Gasteiger partial charge in [0.05, 0.1) is 6.04 Å². The summed E-state index contributed by atoms with van der Waals surface area (Å²) in [4.78, 5) is 27.4. The Bertz CT molecular complexity index is 1030. The molecule has 2 aromatic rings. The van der Waals surface area contributed by atoms with Gasteiger partial charge in [0.25, 0.3) is 5.91 Å². The van der Waals surface area contributed by atoms with Crippen LogP contribution in [0.5, 0.6) is 0 Å². The number of carboxylic acids is 1. The van der Waals surface area contributed by atoms with E-state index < -0.39 is 17.9 Å². The maximum Gasteiger partial charge on any atom is 0.313 e. The number of fused-ring (bicyclic) bond motifs is 1. The smallest absolute Gasteiger partial charge is 0.313 e. The molecule has 0 radical (unpaired) electrons. The third-order valence-corrected chi connectivity index (χ3v) is 6.04. The molecule has 4 rings (SSSR count). The van der Waals surface area contributed by atoms with Crippen LogP contribution in [0.25, 0.3) is 0 Å². The van der Waals surface area contributed by atoms with Crippen LogP contribution in [0.3, 0.4) is 0 Å². The summed E-state index contributed by atoms with van der Waals surface area (Å²) in [7, 11) is 0. The average Bonchev–Trinajstić information content (AvgIpc) is 2.72. The molecule has 0 unspecified atom stereocenters. The van der Waals surface area contributed by atoms with E-state index in [4.69, 9.17) is 23.2 Å². The zero-order valence-electron chi connectivity index (χ0n) is 15.5. The Morgan fingerprint density at radius 1 is 1.03 bits per heavy atom. The maximum absolute atomic E-state index is 13.4. The van der Waals surface area contributed by atoms with E-state index in [1.807, 2.05) is 12.2 Å². The SMILES string of the molecule is O=C(O)[C@H]1c2ccccc2C(=O)N(CC2=CC=C(Cl)CC2)[C@@H]1c1ccc(Cl)cc1. The van der Waals surface area contributed by atoms with Crippen LogP contribution in [-0.2, 0) is 4.79 Å². The highest BCUT2D eigenvalue weighted by atomic mass is 35.5. The quantitative estimate of drug-likeness (QED) is 0.695. The summed E-state index contributed by atoms with van der Waals surface area (Å²) < 4.78 is 0. The van der Waals surface area contributed by atoms with Gasteiger partial charge >= 0.3 is 5.97 Å². The summed E-state index contributed by atoms with van der Waals surface area (Å²) in [6.45, 7) is 0.352. The van der Waals surface area contributed by atoms with Crippen molar-refractivity contribution in [3.8, 4) is 0 Å². The Labute approximate surface area is 179 Å². The molecule has 0 aromatic heterocycles. The molecule has 0 saturated carbocycles. The predicted molar refractivity (Wildman–Crippen MR) is 113 cm³/mol. The van der Waals surface area contributed by atoms with Crippen molar-refractivity contribution in [2.75, 3.05) is 6.54 Å². The molecule has 0 spiro atoms. The minimum Gasteiger partial charge on any atom is -0.481 e. The Hall–Kier alpha value is -2.56. The van der Waals surface area contributed by atoms with Crippen LogP contribution in [0, 0.1) is 0 Å². The summed E-state index contributed by atoms with van der Waals surface area (Å²) in [5, 5.41) is 11.4. The van der Waals surface area contributed by atoms with Crippen LogP contribution < -0.4 is 0 Å². The molecule has 148 valence electrons. The number of allylic oxidation sites excluding steroid dienone is 3. The largest absolute Gasteiger partial charge is 0.481 e. The molecule has 1 aliphatic heterocycles. The third-order valence-electron chi connectivity index (χ3n) is 5.47. The van der Waals surface area contributed by atoms with E-state index in [1.54, 1.807) is 53.4 Å². The minimum atomic E-state index is -0.963. The van der Waals surface area contributed by atoms with Gasteiger partial charge in [-0.15, -0.1) is 0 Å². The van der Waals surface area contributed by atoms with Gasteiger partial charge in [-0.3, -0.25) is 9.59 Å². The molecule has 0 saturated heterocycles. The molecule has 0 fully saturated rings. The Morgan fingerprint density at radius 2 is 1.76 bits per heavy atom. The van der Waals surface area contributed by atoms with Gasteiger partial charge in [0.1, 0.15) is 5.92 Å². The number of hydrogen-bond acceptors (Lipinski definition) is 2. The number of amides is 1. The first kappa shape index (κ1) is 19.7. The normalized spacial score (nSPS) is 21.3. The zero-order valence-corrected chi connectivity index (χ0v) is 17.0. The minimum absolute atomic E-state index is 0.167. The van der Waals surface area contributed by atoms with E-state index in [9.17, 15) is 14.7 Å². The van der Waals surface area contributed by atoms with Gasteiger partial charge in [-0.2, -0.15) is 0 Å². The highest BCUT2D eigenvalue weighted by Gasteiger charge is 2.44. The molecule has 4 nitrogen and oxygen atoms in total. The monoisotopic (exact) mass is 427 g/mol. The van der Waals surface area contributed by atoms with Gasteiger partial charge in [-0.25, -0.2) is 0 Å². The summed E-state index contributed by atoms with van der Waals surface area (Å²) in [6, 6.07) is 13.4. The van der Waals surface area contributed by atoms with Crippen molar-refractivity contribution in [2.24, 2.45) is 0 Å². The van der Waals surface area contributed by atoms with Crippen molar-refractivity contribution in [1.29, 1.82) is 0 Å². The first-order chi connectivity index (χ1) is 14.0. The second kappa shape index (κ2) is 8.05. The van der Waals surface area contributed by atoms with Crippen molar-refractivity contribution in [3.63, 3.8) is 0 Å². The number of carbonyl (C=O) groups excluding carboxylic acids is 1. The second-order valence-corrected chi connectivity index (χ2v) is 8.19. The van der Waals surface area contributed by atoms with Crippen LogP contribution in [0.15, 0.2) is 71.3 Å². The molecular formula is C23H19Cl2NO3. The van der Waals surface area contributed by atoms with Crippen LogP contribution in [0.1, 0.15) is 46.3 Å². The van der Waals surface area contributed by atoms with Crippen LogP contribution in [0.4, 0.5) is 0 Å². The number of nitrogens with zero attached hydrogens (tertiary/aromatic N) is 1. The molecule has 1 amide bonds. The van der Waals surface area contributed by atoms with Gasteiger partial charge in [0.2, 0.25) is 0 Å². The number of hydrogen-bond donors (Lipinski definition) is 1. The third kappa shape index (κ3) is 3.83. The lowest BCUT2D eigenvalue weighted by molar-refractivity contribution is -0.140. The topological polar surface area (TPSA) is 57.6 Å². The lowest BCUT2D eigenvalue weighted by Crippen LogP contribution is -2.45. The van der Waals surface area contributed by atoms with Gasteiger partial charge < -0.3 is 10.0 Å². The lowest BCUT2D eigenvalue weighted by atomic mass is 9.79. The first-order valence-corrected chi connectivity index (χ1v) is 10.1. The van der Waals surface area contributed by atoms with Crippen molar-refractivity contribution >= 4 is 35.1 Å². The Morgan fingerprint density at radius 3 is 2.41 bits per heavy atom. The maximum atomic E-state index is 13.4. The van der Waals surface area contributed by atoms with Gasteiger partial charge in [0.15, 0.2) is 0 Å². The zero-order chi connectivity index (χ0) is 20.5. The highest BCUT2D eigenvalue weighted by molar-refractivity contribution is 6.30. The second-order valence-electron chi connectivity index (χ2n) is 7.27. The lowest BCUT2D eigenvalue weighted by Gasteiger charge is -2.41. The van der Waals surface area contributed by atoms with E-state index in [0.29, 0.717) is 22.7 Å².